The Balaban J connectivity index is 2.12. The quantitative estimate of drug-likeness (QED) is 0.787. The van der Waals surface area contributed by atoms with E-state index in [9.17, 15) is 0 Å². The summed E-state index contributed by atoms with van der Waals surface area (Å²) in [6.45, 7) is 2.38. The predicted octanol–water partition coefficient (Wildman–Crippen LogP) is 1.86. The normalized spacial score (nSPS) is 16.4. The number of nitrogens with zero attached hydrogens (tertiary/aromatic N) is 2. The Morgan fingerprint density at radius 2 is 1.90 bits per heavy atom. The maximum atomic E-state index is 6.05. The van der Waals surface area contributed by atoms with Crippen LogP contribution in [0, 0.1) is 0 Å². The molecule has 4 nitrogen and oxygen atoms in total. The molecular weight excluding hydrogens is 250 g/mol. The minimum Gasteiger partial charge on any atom is -0.383 e. The Labute approximate surface area is 122 Å². The van der Waals surface area contributed by atoms with Crippen molar-refractivity contribution in [3.63, 3.8) is 0 Å². The highest BCUT2D eigenvalue weighted by molar-refractivity contribution is 5.46. The Morgan fingerprint density at radius 1 is 1.25 bits per heavy atom. The molecule has 2 N–H and O–H groups in total. The first-order valence-corrected chi connectivity index (χ1v) is 7.39. The second-order valence-corrected chi connectivity index (χ2v) is 5.70. The number of methoxy groups -OCH3 is 1. The van der Waals surface area contributed by atoms with Gasteiger partial charge in [-0.05, 0) is 30.5 Å². The fourth-order valence-electron chi connectivity index (χ4n) is 2.65. The minimum atomic E-state index is 0.300. The SMILES string of the molecule is COCCN(C1CC1)C(CN)c1ccc(N(C)C)cc1. The van der Waals surface area contributed by atoms with Crippen LogP contribution in [0.4, 0.5) is 5.69 Å². The molecule has 20 heavy (non-hydrogen) atoms. The predicted molar refractivity (Wildman–Crippen MR) is 84.2 cm³/mol. The van der Waals surface area contributed by atoms with E-state index in [1.54, 1.807) is 7.11 Å². The summed E-state index contributed by atoms with van der Waals surface area (Å²) in [6, 6.07) is 9.73. The lowest BCUT2D eigenvalue weighted by Gasteiger charge is -2.31. The Bertz CT molecular complexity index is 401. The van der Waals surface area contributed by atoms with Gasteiger partial charge in [0, 0.05) is 52.1 Å². The molecule has 4 heteroatoms. The van der Waals surface area contributed by atoms with Crippen LogP contribution in [0.5, 0.6) is 0 Å². The molecule has 0 radical (unpaired) electrons. The molecule has 1 aromatic carbocycles. The van der Waals surface area contributed by atoms with Crippen LogP contribution in [0.1, 0.15) is 24.4 Å². The van der Waals surface area contributed by atoms with E-state index < -0.39 is 0 Å². The van der Waals surface area contributed by atoms with E-state index in [1.807, 2.05) is 0 Å². The summed E-state index contributed by atoms with van der Waals surface area (Å²) < 4.78 is 5.24. The molecule has 0 heterocycles. The lowest BCUT2D eigenvalue weighted by Crippen LogP contribution is -2.37. The van der Waals surface area contributed by atoms with Crippen LogP contribution < -0.4 is 10.6 Å². The van der Waals surface area contributed by atoms with Gasteiger partial charge in [0.1, 0.15) is 0 Å². The zero-order valence-electron chi connectivity index (χ0n) is 12.9. The van der Waals surface area contributed by atoms with Gasteiger partial charge in [-0.25, -0.2) is 0 Å². The van der Waals surface area contributed by atoms with Crippen molar-refractivity contribution in [3.8, 4) is 0 Å². The monoisotopic (exact) mass is 277 g/mol. The molecular formula is C16H27N3O. The first-order chi connectivity index (χ1) is 9.67. The third-order valence-corrected chi connectivity index (χ3v) is 3.99. The average molecular weight is 277 g/mol. The second kappa shape index (κ2) is 7.07. The van der Waals surface area contributed by atoms with Crippen LogP contribution >= 0.6 is 0 Å². The van der Waals surface area contributed by atoms with Gasteiger partial charge in [-0.1, -0.05) is 12.1 Å². The molecule has 1 fully saturated rings. The number of hydrogen-bond donors (Lipinski definition) is 1. The van der Waals surface area contributed by atoms with Crippen molar-refractivity contribution in [3.05, 3.63) is 29.8 Å². The fourth-order valence-corrected chi connectivity index (χ4v) is 2.65. The fraction of sp³-hybridized carbons (Fsp3) is 0.625. The molecule has 0 aliphatic heterocycles. The van der Waals surface area contributed by atoms with E-state index in [2.05, 4.69) is 48.2 Å². The maximum Gasteiger partial charge on any atom is 0.0590 e. The Morgan fingerprint density at radius 3 is 2.35 bits per heavy atom. The topological polar surface area (TPSA) is 41.7 Å². The van der Waals surface area contributed by atoms with E-state index in [0.29, 0.717) is 18.6 Å². The van der Waals surface area contributed by atoms with Crippen molar-refractivity contribution in [2.24, 2.45) is 5.73 Å². The van der Waals surface area contributed by atoms with Crippen LogP contribution in [0.3, 0.4) is 0 Å². The summed E-state index contributed by atoms with van der Waals surface area (Å²) in [5.74, 6) is 0. The van der Waals surface area contributed by atoms with Crippen molar-refractivity contribution in [1.82, 2.24) is 4.90 Å². The first kappa shape index (κ1) is 15.3. The third kappa shape index (κ3) is 3.72. The van der Waals surface area contributed by atoms with E-state index in [4.69, 9.17) is 10.5 Å². The summed E-state index contributed by atoms with van der Waals surface area (Å²) in [4.78, 5) is 4.62. The highest BCUT2D eigenvalue weighted by atomic mass is 16.5. The molecule has 1 atom stereocenters. The summed E-state index contributed by atoms with van der Waals surface area (Å²) >= 11 is 0. The van der Waals surface area contributed by atoms with Gasteiger partial charge in [0.05, 0.1) is 6.61 Å². The summed E-state index contributed by atoms with van der Waals surface area (Å²) in [7, 11) is 5.88. The van der Waals surface area contributed by atoms with Gasteiger partial charge in [0.15, 0.2) is 0 Å². The van der Waals surface area contributed by atoms with E-state index in [0.717, 1.165) is 13.2 Å². The molecule has 1 aromatic rings. The molecule has 0 bridgehead atoms. The molecule has 1 unspecified atom stereocenters. The molecule has 0 spiro atoms. The van der Waals surface area contributed by atoms with Gasteiger partial charge >= 0.3 is 0 Å². The largest absolute Gasteiger partial charge is 0.383 e. The average Bonchev–Trinajstić information content (AvgIpc) is 3.28. The Hall–Kier alpha value is -1.10. The molecule has 112 valence electrons. The zero-order valence-corrected chi connectivity index (χ0v) is 12.9. The number of anilines is 1. The smallest absolute Gasteiger partial charge is 0.0590 e. The van der Waals surface area contributed by atoms with Gasteiger partial charge in [-0.15, -0.1) is 0 Å². The van der Waals surface area contributed by atoms with E-state index in [-0.39, 0.29) is 0 Å². The van der Waals surface area contributed by atoms with Crippen molar-refractivity contribution >= 4 is 5.69 Å². The van der Waals surface area contributed by atoms with Crippen molar-refractivity contribution in [2.45, 2.75) is 24.9 Å². The highest BCUT2D eigenvalue weighted by Gasteiger charge is 2.33. The minimum absolute atomic E-state index is 0.300. The molecule has 2 rings (SSSR count). The van der Waals surface area contributed by atoms with Crippen LogP contribution in [0.2, 0.25) is 0 Å². The zero-order chi connectivity index (χ0) is 14.5. The summed E-state index contributed by atoms with van der Waals surface area (Å²) in [6.07, 6.45) is 2.58. The molecule has 1 saturated carbocycles. The number of rotatable bonds is 8. The second-order valence-electron chi connectivity index (χ2n) is 5.70. The third-order valence-electron chi connectivity index (χ3n) is 3.99. The summed E-state index contributed by atoms with van der Waals surface area (Å²) in [5, 5.41) is 0. The van der Waals surface area contributed by atoms with Gasteiger partial charge in [-0.3, -0.25) is 4.90 Å². The molecule has 1 aliphatic carbocycles. The number of hydrogen-bond acceptors (Lipinski definition) is 4. The molecule has 1 aliphatic rings. The van der Waals surface area contributed by atoms with Gasteiger partial charge in [-0.2, -0.15) is 0 Å². The van der Waals surface area contributed by atoms with Gasteiger partial charge < -0.3 is 15.4 Å². The lowest BCUT2D eigenvalue weighted by atomic mass is 10.0. The summed E-state index contributed by atoms with van der Waals surface area (Å²) in [5.41, 5.74) is 8.58. The van der Waals surface area contributed by atoms with Crippen LogP contribution in [-0.4, -0.2) is 51.8 Å². The van der Waals surface area contributed by atoms with Gasteiger partial charge in [0.2, 0.25) is 0 Å². The maximum absolute atomic E-state index is 6.05. The van der Waals surface area contributed by atoms with Gasteiger partial charge in [0.25, 0.3) is 0 Å². The lowest BCUT2D eigenvalue weighted by molar-refractivity contribution is 0.115. The van der Waals surface area contributed by atoms with Crippen LogP contribution in [-0.2, 0) is 4.74 Å². The highest BCUT2D eigenvalue weighted by Crippen LogP contribution is 2.34. The first-order valence-electron chi connectivity index (χ1n) is 7.39. The van der Waals surface area contributed by atoms with Crippen LogP contribution in [0.15, 0.2) is 24.3 Å². The molecule has 0 amide bonds. The van der Waals surface area contributed by atoms with Crippen LogP contribution in [0.25, 0.3) is 0 Å². The number of nitrogens with two attached hydrogens (primary N) is 1. The number of ether oxygens (including phenoxy) is 1. The van der Waals surface area contributed by atoms with Crippen molar-refractivity contribution in [1.29, 1.82) is 0 Å². The Kier molecular flexibility index (Phi) is 5.40. The standard InChI is InChI=1S/C16H27N3O/c1-18(2)14-6-4-13(5-7-14)16(12-17)19(10-11-20-3)15-8-9-15/h4-7,15-16H,8-12,17H2,1-3H3. The molecule has 0 aromatic heterocycles. The number of benzene rings is 1. The van der Waals surface area contributed by atoms with E-state index in [1.165, 1.54) is 24.1 Å². The molecule has 0 saturated heterocycles. The van der Waals surface area contributed by atoms with Crippen molar-refractivity contribution < 1.29 is 4.74 Å². The van der Waals surface area contributed by atoms with Crippen molar-refractivity contribution in [2.75, 3.05) is 45.8 Å². The van der Waals surface area contributed by atoms with E-state index >= 15 is 0 Å².